The first kappa shape index (κ1) is 23.0. The van der Waals surface area contributed by atoms with Crippen molar-refractivity contribution >= 4 is 27.3 Å². The van der Waals surface area contributed by atoms with E-state index in [4.69, 9.17) is 0 Å². The summed E-state index contributed by atoms with van der Waals surface area (Å²) in [7, 11) is 0. The second-order valence-corrected chi connectivity index (χ2v) is 8.95. The molecule has 6 heteroatoms. The average Bonchev–Trinajstić information content (AvgIpc) is 3.13. The Bertz CT molecular complexity index is 751. The number of hydrogen-bond acceptors (Lipinski definition) is 3. The van der Waals surface area contributed by atoms with Crippen LogP contribution in [0, 0.1) is 24.5 Å². The molecule has 1 aliphatic rings. The van der Waals surface area contributed by atoms with Crippen LogP contribution < -0.4 is 5.32 Å². The smallest absolute Gasteiger partial charge is 0.126 e. The SMILES string of the molecule is C#C.OC(CCc1cc(F)cc(F)c1)CNC1(c2cc(Br)cs2)CCCCC1. The molecular formula is C22H26BrF2NOS. The highest BCUT2D eigenvalue weighted by Crippen LogP contribution is 2.41. The Morgan fingerprint density at radius 1 is 1.11 bits per heavy atom. The van der Waals surface area contributed by atoms with Crippen molar-refractivity contribution in [3.63, 3.8) is 0 Å². The first-order valence-electron chi connectivity index (χ1n) is 9.43. The molecule has 0 saturated heterocycles. The first-order valence-corrected chi connectivity index (χ1v) is 11.1. The third-order valence-electron chi connectivity index (χ3n) is 5.11. The molecule has 0 radical (unpaired) electrons. The molecule has 28 heavy (non-hydrogen) atoms. The lowest BCUT2D eigenvalue weighted by Crippen LogP contribution is -2.46. The molecule has 1 aromatic heterocycles. The van der Waals surface area contributed by atoms with Gasteiger partial charge < -0.3 is 10.4 Å². The van der Waals surface area contributed by atoms with E-state index in [0.29, 0.717) is 24.9 Å². The van der Waals surface area contributed by atoms with Crippen LogP contribution in [0.5, 0.6) is 0 Å². The Morgan fingerprint density at radius 3 is 2.32 bits per heavy atom. The molecule has 2 nitrogen and oxygen atoms in total. The Morgan fingerprint density at radius 2 is 1.75 bits per heavy atom. The van der Waals surface area contributed by atoms with E-state index >= 15 is 0 Å². The van der Waals surface area contributed by atoms with Crippen LogP contribution in [0.4, 0.5) is 8.78 Å². The standard InChI is InChI=1S/C20H24BrF2NOS.C2H2/c21-15-10-19(26-13-15)20(6-2-1-3-7-20)24-12-18(25)5-4-14-8-16(22)11-17(23)9-14;1-2/h8-11,13,18,24-25H,1-7,12H2;1-2H. The fourth-order valence-electron chi connectivity index (χ4n) is 3.73. The van der Waals surface area contributed by atoms with Gasteiger partial charge in [-0.2, -0.15) is 0 Å². The largest absolute Gasteiger partial charge is 0.392 e. The summed E-state index contributed by atoms with van der Waals surface area (Å²) in [4.78, 5) is 1.31. The fraction of sp³-hybridized carbons (Fsp3) is 0.455. The molecule has 0 amide bonds. The van der Waals surface area contributed by atoms with E-state index in [1.807, 2.05) is 0 Å². The van der Waals surface area contributed by atoms with Crippen LogP contribution in [0.15, 0.2) is 34.1 Å². The molecule has 0 bridgehead atoms. The molecule has 3 rings (SSSR count). The second kappa shape index (κ2) is 11.1. The van der Waals surface area contributed by atoms with Crippen molar-refractivity contribution in [2.45, 2.75) is 56.6 Å². The number of terminal acetylenes is 1. The van der Waals surface area contributed by atoms with Gasteiger partial charge in [-0.1, -0.05) is 19.3 Å². The Balaban J connectivity index is 0.00000136. The molecule has 2 N–H and O–H groups in total. The molecule has 1 aliphatic carbocycles. The summed E-state index contributed by atoms with van der Waals surface area (Å²) in [6, 6.07) is 5.70. The van der Waals surface area contributed by atoms with Crippen molar-refractivity contribution < 1.29 is 13.9 Å². The summed E-state index contributed by atoms with van der Waals surface area (Å²) in [5.74, 6) is -1.14. The molecule has 0 spiro atoms. The number of aryl methyl sites for hydroxylation is 1. The van der Waals surface area contributed by atoms with Crippen LogP contribution in [0.3, 0.4) is 0 Å². The van der Waals surface area contributed by atoms with Gasteiger partial charge in [-0.3, -0.25) is 0 Å². The zero-order chi connectivity index (χ0) is 20.6. The van der Waals surface area contributed by atoms with Gasteiger partial charge in [0.2, 0.25) is 0 Å². The molecule has 152 valence electrons. The molecule has 2 aromatic rings. The van der Waals surface area contributed by atoms with E-state index in [1.54, 1.807) is 11.3 Å². The summed E-state index contributed by atoms with van der Waals surface area (Å²) in [6.45, 7) is 0.479. The molecule has 1 atom stereocenters. The lowest BCUT2D eigenvalue weighted by molar-refractivity contribution is 0.133. The minimum absolute atomic E-state index is 0.0686. The van der Waals surface area contributed by atoms with Crippen LogP contribution in [0.2, 0.25) is 0 Å². The Labute approximate surface area is 178 Å². The molecule has 1 aromatic carbocycles. The number of thiophene rings is 1. The Hall–Kier alpha value is -1.26. The van der Waals surface area contributed by atoms with Crippen molar-refractivity contribution in [3.8, 4) is 12.8 Å². The third kappa shape index (κ3) is 6.38. The minimum Gasteiger partial charge on any atom is -0.392 e. The summed E-state index contributed by atoms with van der Waals surface area (Å²) in [5, 5.41) is 16.1. The van der Waals surface area contributed by atoms with E-state index in [1.165, 1.54) is 36.3 Å². The van der Waals surface area contributed by atoms with Crippen molar-refractivity contribution in [1.29, 1.82) is 0 Å². The number of nitrogens with one attached hydrogen (secondary N) is 1. The predicted molar refractivity (Wildman–Crippen MR) is 115 cm³/mol. The van der Waals surface area contributed by atoms with Gasteiger partial charge in [0.1, 0.15) is 11.6 Å². The van der Waals surface area contributed by atoms with Gasteiger partial charge in [-0.05, 0) is 65.4 Å². The maximum absolute atomic E-state index is 13.3. The highest BCUT2D eigenvalue weighted by molar-refractivity contribution is 9.10. The van der Waals surface area contributed by atoms with Gasteiger partial charge in [-0.15, -0.1) is 24.2 Å². The molecule has 1 heterocycles. The minimum atomic E-state index is -0.572. The van der Waals surface area contributed by atoms with Crippen molar-refractivity contribution in [3.05, 3.63) is 56.2 Å². The van der Waals surface area contributed by atoms with Crippen molar-refractivity contribution in [2.24, 2.45) is 0 Å². The number of aliphatic hydroxyl groups excluding tert-OH is 1. The molecule has 0 aliphatic heterocycles. The van der Waals surface area contributed by atoms with Crippen LogP contribution >= 0.6 is 27.3 Å². The summed E-state index contributed by atoms with van der Waals surface area (Å²) < 4.78 is 27.6. The van der Waals surface area contributed by atoms with Gasteiger partial charge in [0.05, 0.1) is 11.6 Å². The van der Waals surface area contributed by atoms with Gasteiger partial charge in [-0.25, -0.2) is 8.78 Å². The number of benzene rings is 1. The summed E-state index contributed by atoms with van der Waals surface area (Å²) in [6.07, 6.45) is 14.1. The van der Waals surface area contributed by atoms with Crippen LogP contribution in [-0.4, -0.2) is 17.8 Å². The highest BCUT2D eigenvalue weighted by atomic mass is 79.9. The lowest BCUT2D eigenvalue weighted by Gasteiger charge is -2.38. The molecular weight excluding hydrogens is 444 g/mol. The number of hydrogen-bond donors (Lipinski definition) is 2. The number of rotatable bonds is 7. The third-order valence-corrected chi connectivity index (χ3v) is 7.01. The normalized spacial score (nSPS) is 16.8. The van der Waals surface area contributed by atoms with E-state index in [-0.39, 0.29) is 5.54 Å². The van der Waals surface area contributed by atoms with Gasteiger partial charge in [0.15, 0.2) is 0 Å². The second-order valence-electron chi connectivity index (χ2n) is 7.12. The topological polar surface area (TPSA) is 32.3 Å². The van der Waals surface area contributed by atoms with Gasteiger partial charge in [0.25, 0.3) is 0 Å². The molecule has 1 unspecified atom stereocenters. The fourth-order valence-corrected chi connectivity index (χ4v) is 5.40. The zero-order valence-electron chi connectivity index (χ0n) is 15.8. The summed E-state index contributed by atoms with van der Waals surface area (Å²) in [5.41, 5.74) is 0.511. The number of halogens is 3. The van der Waals surface area contributed by atoms with E-state index in [9.17, 15) is 13.9 Å². The Kier molecular flexibility index (Phi) is 9.10. The van der Waals surface area contributed by atoms with Crippen LogP contribution in [0.25, 0.3) is 0 Å². The summed E-state index contributed by atoms with van der Waals surface area (Å²) >= 11 is 5.28. The van der Waals surface area contributed by atoms with E-state index in [0.717, 1.165) is 23.4 Å². The quantitative estimate of drug-likeness (QED) is 0.503. The predicted octanol–water partition coefficient (Wildman–Crippen LogP) is 5.78. The first-order chi connectivity index (χ1) is 13.5. The molecule has 1 fully saturated rings. The van der Waals surface area contributed by atoms with Crippen LogP contribution in [0.1, 0.15) is 49.0 Å². The maximum atomic E-state index is 13.3. The highest BCUT2D eigenvalue weighted by Gasteiger charge is 2.35. The van der Waals surface area contributed by atoms with Gasteiger partial charge in [0, 0.05) is 27.3 Å². The van der Waals surface area contributed by atoms with E-state index < -0.39 is 17.7 Å². The van der Waals surface area contributed by atoms with E-state index in [2.05, 4.69) is 45.5 Å². The number of aliphatic hydroxyl groups is 1. The van der Waals surface area contributed by atoms with Crippen molar-refractivity contribution in [2.75, 3.05) is 6.54 Å². The molecule has 1 saturated carbocycles. The zero-order valence-corrected chi connectivity index (χ0v) is 18.2. The average molecular weight is 470 g/mol. The lowest BCUT2D eigenvalue weighted by atomic mass is 9.80. The van der Waals surface area contributed by atoms with Crippen molar-refractivity contribution in [1.82, 2.24) is 5.32 Å². The monoisotopic (exact) mass is 469 g/mol. The van der Waals surface area contributed by atoms with Crippen LogP contribution in [-0.2, 0) is 12.0 Å². The maximum Gasteiger partial charge on any atom is 0.126 e. The van der Waals surface area contributed by atoms with Gasteiger partial charge >= 0.3 is 0 Å².